The number of carbonyl (C=O) groups excluding carboxylic acids is 1. The molecule has 0 radical (unpaired) electrons. The number of nitro benzene ring substituents is 1. The van der Waals surface area contributed by atoms with Gasteiger partial charge in [-0.1, -0.05) is 52.5 Å². The van der Waals surface area contributed by atoms with Crippen molar-refractivity contribution in [3.05, 3.63) is 63.2 Å². The minimum Gasteiger partial charge on any atom is -0.296 e. The number of non-ortho nitro benzene ring substituents is 1. The lowest BCUT2D eigenvalue weighted by atomic mass is 10.1. The Balaban J connectivity index is 1.86. The maximum absolute atomic E-state index is 12.2. The van der Waals surface area contributed by atoms with Crippen molar-refractivity contribution < 1.29 is 9.72 Å². The molecule has 0 aliphatic carbocycles. The van der Waals surface area contributed by atoms with Gasteiger partial charge in [0.15, 0.2) is 4.34 Å². The predicted octanol–water partition coefficient (Wildman–Crippen LogP) is 5.48. The molecule has 2 aromatic rings. The summed E-state index contributed by atoms with van der Waals surface area (Å²) in [6.07, 6.45) is 6.48. The van der Waals surface area contributed by atoms with Crippen LogP contribution in [0.1, 0.15) is 44.0 Å². The van der Waals surface area contributed by atoms with Crippen molar-refractivity contribution in [2.45, 2.75) is 38.0 Å². The number of nitrogens with zero attached hydrogens (tertiary/aromatic N) is 3. The van der Waals surface area contributed by atoms with Gasteiger partial charge in [0.1, 0.15) is 0 Å². The maximum atomic E-state index is 12.2. The van der Waals surface area contributed by atoms with E-state index in [1.807, 2.05) is 0 Å². The third kappa shape index (κ3) is 7.24. The van der Waals surface area contributed by atoms with Crippen LogP contribution >= 0.6 is 23.1 Å². The summed E-state index contributed by atoms with van der Waals surface area (Å²) >= 11 is 2.83. The molecule has 1 N–H and O–H groups in total. The van der Waals surface area contributed by atoms with Crippen LogP contribution in [0.2, 0.25) is 0 Å². The van der Waals surface area contributed by atoms with Crippen LogP contribution in [-0.2, 0) is 0 Å². The molecule has 7 nitrogen and oxygen atoms in total. The van der Waals surface area contributed by atoms with Crippen molar-refractivity contribution in [3.8, 4) is 0 Å². The number of carbonyl (C=O) groups is 1. The standard InChI is InChI=1S/C19H22N4O3S2/c1-13(2)6-4-7-14(3)10-11-27-19-22-21-18(28-19)20-17(24)15-8-5-9-16(12-15)23(25)26/h5-6,8-10,12H,4,7,11H2,1-3H3,(H,20,21,24)/b14-10+. The quantitative estimate of drug-likeness (QED) is 0.190. The van der Waals surface area contributed by atoms with E-state index >= 15 is 0 Å². The van der Waals surface area contributed by atoms with E-state index in [4.69, 9.17) is 0 Å². The second kappa shape index (κ2) is 10.7. The summed E-state index contributed by atoms with van der Waals surface area (Å²) in [6, 6.07) is 5.56. The van der Waals surface area contributed by atoms with Gasteiger partial charge in [-0.25, -0.2) is 0 Å². The van der Waals surface area contributed by atoms with Crippen molar-refractivity contribution in [2.24, 2.45) is 0 Å². The monoisotopic (exact) mass is 418 g/mol. The lowest BCUT2D eigenvalue weighted by Gasteiger charge is -2.00. The van der Waals surface area contributed by atoms with Crippen LogP contribution in [0.3, 0.4) is 0 Å². The smallest absolute Gasteiger partial charge is 0.270 e. The summed E-state index contributed by atoms with van der Waals surface area (Å²) in [5.74, 6) is 0.333. The average molecular weight is 419 g/mol. The molecule has 0 spiro atoms. The number of hydrogen-bond donors (Lipinski definition) is 1. The Morgan fingerprint density at radius 3 is 2.79 bits per heavy atom. The van der Waals surface area contributed by atoms with Gasteiger partial charge in [0, 0.05) is 23.4 Å². The average Bonchev–Trinajstić information content (AvgIpc) is 3.08. The third-order valence-electron chi connectivity index (χ3n) is 3.68. The minimum atomic E-state index is -0.536. The van der Waals surface area contributed by atoms with Gasteiger partial charge < -0.3 is 0 Å². The molecule has 0 aliphatic rings. The van der Waals surface area contributed by atoms with E-state index in [9.17, 15) is 14.9 Å². The highest BCUT2D eigenvalue weighted by atomic mass is 32.2. The summed E-state index contributed by atoms with van der Waals surface area (Å²) in [7, 11) is 0. The summed E-state index contributed by atoms with van der Waals surface area (Å²) in [4.78, 5) is 22.5. The zero-order chi connectivity index (χ0) is 20.5. The summed E-state index contributed by atoms with van der Waals surface area (Å²) < 4.78 is 0.752. The summed E-state index contributed by atoms with van der Waals surface area (Å²) in [6.45, 7) is 6.31. The van der Waals surface area contributed by atoms with Crippen LogP contribution in [-0.4, -0.2) is 26.8 Å². The number of rotatable bonds is 9. The summed E-state index contributed by atoms with van der Waals surface area (Å²) in [5.41, 5.74) is 2.73. The van der Waals surface area contributed by atoms with Gasteiger partial charge in [-0.05, 0) is 39.7 Å². The van der Waals surface area contributed by atoms with Gasteiger partial charge in [0.05, 0.1) is 4.92 Å². The molecule has 1 heterocycles. The molecule has 1 amide bonds. The fourth-order valence-electron chi connectivity index (χ4n) is 2.19. The zero-order valence-corrected chi connectivity index (χ0v) is 17.6. The molecule has 0 saturated heterocycles. The second-order valence-electron chi connectivity index (χ2n) is 6.32. The fourth-order valence-corrected chi connectivity index (χ4v) is 3.95. The van der Waals surface area contributed by atoms with Crippen LogP contribution < -0.4 is 5.32 Å². The first-order chi connectivity index (χ1) is 13.3. The van der Waals surface area contributed by atoms with Crippen LogP contribution in [0.4, 0.5) is 10.8 Å². The molecule has 1 aromatic heterocycles. The number of nitro groups is 1. The fraction of sp³-hybridized carbons (Fsp3) is 0.316. The molecular formula is C19H22N4O3S2. The number of aromatic nitrogens is 2. The predicted molar refractivity (Wildman–Crippen MR) is 114 cm³/mol. The van der Waals surface area contributed by atoms with Crippen LogP contribution in [0.25, 0.3) is 0 Å². The topological polar surface area (TPSA) is 98.0 Å². The molecule has 0 atom stereocenters. The molecule has 0 unspecified atom stereocenters. The van der Waals surface area contributed by atoms with E-state index in [0.29, 0.717) is 5.13 Å². The second-order valence-corrected chi connectivity index (χ2v) is 8.56. The Hall–Kier alpha value is -2.52. The van der Waals surface area contributed by atoms with Crippen LogP contribution in [0, 0.1) is 10.1 Å². The molecule has 148 valence electrons. The highest BCUT2D eigenvalue weighted by Gasteiger charge is 2.13. The van der Waals surface area contributed by atoms with Crippen molar-refractivity contribution >= 4 is 39.8 Å². The van der Waals surface area contributed by atoms with Crippen molar-refractivity contribution in [1.29, 1.82) is 0 Å². The molecule has 0 saturated carbocycles. The lowest BCUT2D eigenvalue weighted by Crippen LogP contribution is -2.11. The normalized spacial score (nSPS) is 11.2. The number of benzene rings is 1. The Kier molecular flexibility index (Phi) is 8.34. The Labute approximate surface area is 172 Å². The largest absolute Gasteiger partial charge is 0.296 e. The molecular weight excluding hydrogens is 396 g/mol. The molecule has 28 heavy (non-hydrogen) atoms. The number of anilines is 1. The van der Waals surface area contributed by atoms with Crippen LogP contribution in [0.15, 0.2) is 51.9 Å². The van der Waals surface area contributed by atoms with Gasteiger partial charge >= 0.3 is 0 Å². The maximum Gasteiger partial charge on any atom is 0.270 e. The van der Waals surface area contributed by atoms with Gasteiger partial charge in [-0.2, -0.15) is 0 Å². The van der Waals surface area contributed by atoms with Gasteiger partial charge in [-0.3, -0.25) is 20.2 Å². The van der Waals surface area contributed by atoms with Gasteiger partial charge in [0.25, 0.3) is 11.6 Å². The SMILES string of the molecule is CC(C)=CCC/C(C)=C/CSc1nnc(NC(=O)c2cccc([N+](=O)[O-])c2)s1. The lowest BCUT2D eigenvalue weighted by molar-refractivity contribution is -0.384. The number of nitrogens with one attached hydrogen (secondary N) is 1. The third-order valence-corrected chi connectivity index (χ3v) is 5.57. The molecule has 0 bridgehead atoms. The Morgan fingerprint density at radius 2 is 2.07 bits per heavy atom. The molecule has 9 heteroatoms. The van der Waals surface area contributed by atoms with E-state index in [0.717, 1.165) is 22.9 Å². The van der Waals surface area contributed by atoms with Crippen molar-refractivity contribution in [2.75, 3.05) is 11.1 Å². The zero-order valence-electron chi connectivity index (χ0n) is 16.0. The van der Waals surface area contributed by atoms with Crippen molar-refractivity contribution in [3.63, 3.8) is 0 Å². The molecule has 0 aliphatic heterocycles. The molecule has 2 rings (SSSR count). The number of hydrogen-bond acceptors (Lipinski definition) is 7. The number of allylic oxidation sites excluding steroid dienone is 3. The van der Waals surface area contributed by atoms with Gasteiger partial charge in [-0.15, -0.1) is 10.2 Å². The van der Waals surface area contributed by atoms with E-state index in [1.165, 1.54) is 46.7 Å². The van der Waals surface area contributed by atoms with Crippen LogP contribution in [0.5, 0.6) is 0 Å². The first-order valence-corrected chi connectivity index (χ1v) is 10.5. The van der Waals surface area contributed by atoms with Crippen molar-refractivity contribution in [1.82, 2.24) is 10.2 Å². The first-order valence-electron chi connectivity index (χ1n) is 8.66. The highest BCUT2D eigenvalue weighted by Crippen LogP contribution is 2.26. The Bertz CT molecular complexity index is 902. The highest BCUT2D eigenvalue weighted by molar-refractivity contribution is 8.01. The van der Waals surface area contributed by atoms with E-state index < -0.39 is 10.8 Å². The molecule has 1 aromatic carbocycles. The molecule has 0 fully saturated rings. The minimum absolute atomic E-state index is 0.132. The first kappa shape index (κ1) is 21.8. The Morgan fingerprint density at radius 1 is 1.29 bits per heavy atom. The number of thioether (sulfide) groups is 1. The van der Waals surface area contributed by atoms with E-state index in [-0.39, 0.29) is 11.3 Å². The van der Waals surface area contributed by atoms with E-state index in [1.54, 1.807) is 11.8 Å². The number of amides is 1. The van der Waals surface area contributed by atoms with E-state index in [2.05, 4.69) is 48.4 Å². The summed E-state index contributed by atoms with van der Waals surface area (Å²) in [5, 5.41) is 21.8. The van der Waals surface area contributed by atoms with Gasteiger partial charge in [0.2, 0.25) is 5.13 Å².